The topological polar surface area (TPSA) is 76.4 Å². The maximum Gasteiger partial charge on any atom is 0.287 e. The molecule has 0 radical (unpaired) electrons. The van der Waals surface area contributed by atoms with Crippen LogP contribution in [0.15, 0.2) is 11.0 Å². The molecule has 0 fully saturated rings. The molecule has 0 spiro atoms. The molecule has 0 aliphatic carbocycles. The van der Waals surface area contributed by atoms with Crippen molar-refractivity contribution in [2.24, 2.45) is 5.92 Å². The smallest absolute Gasteiger partial charge is 0.287 e. The Morgan fingerprint density at radius 1 is 1.53 bits per heavy atom. The van der Waals surface area contributed by atoms with Crippen molar-refractivity contribution in [2.45, 2.75) is 20.4 Å². The summed E-state index contributed by atoms with van der Waals surface area (Å²) in [5.74, 6) is 0.326. The average molecular weight is 290 g/mol. The van der Waals surface area contributed by atoms with Gasteiger partial charge in [-0.15, -0.1) is 0 Å². The number of rotatable bonds is 8. The number of hydrogen-bond acceptors (Lipinski definition) is 5. The largest absolute Gasteiger partial charge is 0.394 e. The normalized spacial score (nSPS) is 11.0. The third kappa shape index (κ3) is 5.18. The van der Waals surface area contributed by atoms with Crippen LogP contribution >= 0.6 is 11.6 Å². The van der Waals surface area contributed by atoms with Crippen LogP contribution in [0.4, 0.5) is 5.69 Å². The highest BCUT2D eigenvalue weighted by Gasteiger charge is 2.09. The van der Waals surface area contributed by atoms with Gasteiger partial charge in [-0.2, -0.15) is 5.10 Å². The number of nitrogens with zero attached hydrogens (tertiary/aromatic N) is 2. The third-order valence-corrected chi connectivity index (χ3v) is 2.69. The second kappa shape index (κ2) is 8.14. The summed E-state index contributed by atoms with van der Waals surface area (Å²) in [4.78, 5) is 11.9. The molecule has 0 saturated carbocycles. The second-order valence-corrected chi connectivity index (χ2v) is 4.89. The Balaban J connectivity index is 2.61. The molecule has 2 N–H and O–H groups in total. The Hall–Kier alpha value is -1.11. The van der Waals surface area contributed by atoms with E-state index in [2.05, 4.69) is 10.4 Å². The molecular weight excluding hydrogens is 270 g/mol. The van der Waals surface area contributed by atoms with Crippen molar-refractivity contribution in [1.29, 1.82) is 0 Å². The summed E-state index contributed by atoms with van der Waals surface area (Å²) < 4.78 is 6.45. The number of aromatic nitrogens is 2. The summed E-state index contributed by atoms with van der Waals surface area (Å²) in [6.45, 7) is 5.76. The van der Waals surface area contributed by atoms with Gasteiger partial charge in [0.25, 0.3) is 5.56 Å². The molecule has 0 saturated heterocycles. The summed E-state index contributed by atoms with van der Waals surface area (Å²) in [7, 11) is 0. The number of aliphatic hydroxyl groups is 1. The predicted octanol–water partition coefficient (Wildman–Crippen LogP) is 0.974. The van der Waals surface area contributed by atoms with Crippen LogP contribution in [0.25, 0.3) is 0 Å². The molecule has 1 aromatic heterocycles. The van der Waals surface area contributed by atoms with E-state index in [1.807, 2.05) is 13.8 Å². The van der Waals surface area contributed by atoms with E-state index in [1.54, 1.807) is 0 Å². The van der Waals surface area contributed by atoms with E-state index in [-0.39, 0.29) is 17.2 Å². The molecular formula is C12H20ClN3O3. The van der Waals surface area contributed by atoms with Crippen LogP contribution in [0, 0.1) is 5.92 Å². The van der Waals surface area contributed by atoms with Crippen molar-refractivity contribution in [3.05, 3.63) is 21.6 Å². The van der Waals surface area contributed by atoms with Crippen LogP contribution in [0.2, 0.25) is 5.02 Å². The number of aliphatic hydroxyl groups excluding tert-OH is 1. The lowest BCUT2D eigenvalue weighted by molar-refractivity contribution is 0.0992. The monoisotopic (exact) mass is 289 g/mol. The molecule has 0 atom stereocenters. The number of halogens is 1. The van der Waals surface area contributed by atoms with Crippen molar-refractivity contribution >= 4 is 17.3 Å². The first kappa shape index (κ1) is 15.9. The molecule has 108 valence electrons. The maximum absolute atomic E-state index is 11.9. The van der Waals surface area contributed by atoms with E-state index in [0.717, 1.165) is 0 Å². The van der Waals surface area contributed by atoms with Gasteiger partial charge in [0.2, 0.25) is 0 Å². The van der Waals surface area contributed by atoms with Gasteiger partial charge in [0, 0.05) is 13.1 Å². The Kier molecular flexibility index (Phi) is 6.83. The molecule has 7 heteroatoms. The van der Waals surface area contributed by atoms with Gasteiger partial charge in [-0.1, -0.05) is 25.4 Å². The highest BCUT2D eigenvalue weighted by molar-refractivity contribution is 6.32. The van der Waals surface area contributed by atoms with E-state index in [0.29, 0.717) is 37.9 Å². The fourth-order valence-electron chi connectivity index (χ4n) is 1.49. The fourth-order valence-corrected chi connectivity index (χ4v) is 1.70. The lowest BCUT2D eigenvalue weighted by Crippen LogP contribution is -2.26. The predicted molar refractivity (Wildman–Crippen MR) is 74.7 cm³/mol. The minimum absolute atomic E-state index is 0.00639. The standard InChI is InChI=1S/C12H20ClN3O3/c1-9(2)8-16-12(18)11(13)10(7-15-16)14-3-5-19-6-4-17/h7,9,14,17H,3-6,8H2,1-2H3. The maximum atomic E-state index is 11.9. The quantitative estimate of drug-likeness (QED) is 0.698. The van der Waals surface area contributed by atoms with Crippen molar-refractivity contribution in [2.75, 3.05) is 31.7 Å². The summed E-state index contributed by atoms with van der Waals surface area (Å²) >= 11 is 6.01. The molecule has 0 unspecified atom stereocenters. The van der Waals surface area contributed by atoms with Gasteiger partial charge >= 0.3 is 0 Å². The molecule has 19 heavy (non-hydrogen) atoms. The minimum atomic E-state index is -0.295. The van der Waals surface area contributed by atoms with Crippen LogP contribution in [0.1, 0.15) is 13.8 Å². The lowest BCUT2D eigenvalue weighted by Gasteiger charge is -2.11. The first-order valence-corrected chi connectivity index (χ1v) is 6.62. The van der Waals surface area contributed by atoms with E-state index >= 15 is 0 Å². The number of nitrogens with one attached hydrogen (secondary N) is 1. The van der Waals surface area contributed by atoms with Gasteiger partial charge in [0.1, 0.15) is 5.02 Å². The van der Waals surface area contributed by atoms with Gasteiger partial charge in [-0.05, 0) is 5.92 Å². The first-order valence-electron chi connectivity index (χ1n) is 6.24. The minimum Gasteiger partial charge on any atom is -0.394 e. The average Bonchev–Trinajstić information content (AvgIpc) is 2.37. The van der Waals surface area contributed by atoms with Crippen LogP contribution in [0.3, 0.4) is 0 Å². The van der Waals surface area contributed by atoms with E-state index in [4.69, 9.17) is 21.4 Å². The fraction of sp³-hybridized carbons (Fsp3) is 0.667. The summed E-state index contributed by atoms with van der Waals surface area (Å²) in [5.41, 5.74) is 0.205. The van der Waals surface area contributed by atoms with E-state index in [9.17, 15) is 4.79 Å². The Morgan fingerprint density at radius 3 is 2.89 bits per heavy atom. The summed E-state index contributed by atoms with van der Waals surface area (Å²) in [5, 5.41) is 15.7. The molecule has 0 bridgehead atoms. The number of ether oxygens (including phenoxy) is 1. The molecule has 0 aromatic carbocycles. The van der Waals surface area contributed by atoms with Crippen LogP contribution < -0.4 is 10.9 Å². The van der Waals surface area contributed by atoms with Gasteiger partial charge < -0.3 is 15.2 Å². The molecule has 1 aromatic rings. The lowest BCUT2D eigenvalue weighted by atomic mass is 10.2. The van der Waals surface area contributed by atoms with Crippen molar-refractivity contribution in [3.63, 3.8) is 0 Å². The Labute approximate surface area is 117 Å². The zero-order valence-corrected chi connectivity index (χ0v) is 12.0. The molecule has 0 amide bonds. The van der Waals surface area contributed by atoms with Gasteiger partial charge in [-0.25, -0.2) is 4.68 Å². The summed E-state index contributed by atoms with van der Waals surface area (Å²) in [6, 6.07) is 0. The molecule has 1 heterocycles. The third-order valence-electron chi connectivity index (χ3n) is 2.32. The second-order valence-electron chi connectivity index (χ2n) is 4.52. The summed E-state index contributed by atoms with van der Waals surface area (Å²) in [6.07, 6.45) is 1.54. The van der Waals surface area contributed by atoms with Crippen LogP contribution in [-0.4, -0.2) is 41.3 Å². The van der Waals surface area contributed by atoms with Crippen molar-refractivity contribution in [3.8, 4) is 0 Å². The number of hydrogen-bond donors (Lipinski definition) is 2. The zero-order valence-electron chi connectivity index (χ0n) is 11.2. The van der Waals surface area contributed by atoms with Gasteiger partial charge in [0.15, 0.2) is 0 Å². The van der Waals surface area contributed by atoms with Gasteiger partial charge in [-0.3, -0.25) is 4.79 Å². The zero-order chi connectivity index (χ0) is 14.3. The highest BCUT2D eigenvalue weighted by atomic mass is 35.5. The molecule has 0 aliphatic heterocycles. The van der Waals surface area contributed by atoms with Crippen LogP contribution in [-0.2, 0) is 11.3 Å². The molecule has 6 nitrogen and oxygen atoms in total. The molecule has 1 rings (SSSR count). The SMILES string of the molecule is CC(C)Cn1ncc(NCCOCCO)c(Cl)c1=O. The van der Waals surface area contributed by atoms with E-state index in [1.165, 1.54) is 10.9 Å². The van der Waals surface area contributed by atoms with Gasteiger partial charge in [0.05, 0.1) is 31.7 Å². The Morgan fingerprint density at radius 2 is 2.26 bits per heavy atom. The first-order chi connectivity index (χ1) is 9.06. The molecule has 0 aliphatic rings. The Bertz CT molecular complexity index is 448. The van der Waals surface area contributed by atoms with Crippen LogP contribution in [0.5, 0.6) is 0 Å². The number of anilines is 1. The van der Waals surface area contributed by atoms with Crippen molar-refractivity contribution in [1.82, 2.24) is 9.78 Å². The highest BCUT2D eigenvalue weighted by Crippen LogP contribution is 2.14. The van der Waals surface area contributed by atoms with Crippen molar-refractivity contribution < 1.29 is 9.84 Å². The van der Waals surface area contributed by atoms with E-state index < -0.39 is 0 Å².